The van der Waals surface area contributed by atoms with Gasteiger partial charge in [0.25, 0.3) is 0 Å². The molecule has 0 aromatic heterocycles. The molecule has 108 valence electrons. The average molecular weight is 264 g/mol. The summed E-state index contributed by atoms with van der Waals surface area (Å²) in [6, 6.07) is 8.80. The molecular formula is C16H28N2O. The van der Waals surface area contributed by atoms with E-state index in [1.807, 2.05) is 12.1 Å². The normalized spacial score (nSPS) is 12.7. The number of hydrogen-bond acceptors (Lipinski definition) is 3. The van der Waals surface area contributed by atoms with E-state index in [0.29, 0.717) is 6.04 Å². The molecule has 0 amide bonds. The third kappa shape index (κ3) is 5.62. The minimum atomic E-state index is 0.522. The first kappa shape index (κ1) is 16.0. The van der Waals surface area contributed by atoms with Gasteiger partial charge in [0.1, 0.15) is 5.75 Å². The van der Waals surface area contributed by atoms with Gasteiger partial charge in [0.15, 0.2) is 0 Å². The van der Waals surface area contributed by atoms with Crippen molar-refractivity contribution in [3.63, 3.8) is 0 Å². The van der Waals surface area contributed by atoms with Gasteiger partial charge in [0.05, 0.1) is 7.11 Å². The van der Waals surface area contributed by atoms with Crippen molar-refractivity contribution in [1.29, 1.82) is 0 Å². The molecule has 0 heterocycles. The van der Waals surface area contributed by atoms with Gasteiger partial charge in [-0.05, 0) is 58.0 Å². The van der Waals surface area contributed by atoms with E-state index in [0.717, 1.165) is 31.7 Å². The highest BCUT2D eigenvalue weighted by atomic mass is 16.5. The number of rotatable bonds is 9. The van der Waals surface area contributed by atoms with Crippen LogP contribution in [0.4, 0.5) is 0 Å². The molecule has 0 saturated heterocycles. The summed E-state index contributed by atoms with van der Waals surface area (Å²) in [5.41, 5.74) is 6.80. The van der Waals surface area contributed by atoms with E-state index >= 15 is 0 Å². The minimum absolute atomic E-state index is 0.522. The zero-order valence-electron chi connectivity index (χ0n) is 12.6. The molecule has 1 unspecified atom stereocenters. The van der Waals surface area contributed by atoms with Crippen molar-refractivity contribution in [3.05, 3.63) is 29.8 Å². The fourth-order valence-corrected chi connectivity index (χ4v) is 2.25. The molecule has 1 aromatic carbocycles. The van der Waals surface area contributed by atoms with Gasteiger partial charge in [0.2, 0.25) is 0 Å². The number of para-hydroxylation sites is 1. The molecule has 0 bridgehead atoms. The predicted molar refractivity (Wildman–Crippen MR) is 81.7 cm³/mol. The number of ether oxygens (including phenoxy) is 1. The molecule has 19 heavy (non-hydrogen) atoms. The topological polar surface area (TPSA) is 38.5 Å². The molecule has 1 rings (SSSR count). The van der Waals surface area contributed by atoms with Crippen molar-refractivity contribution in [1.82, 2.24) is 4.90 Å². The number of hydrogen-bond donors (Lipinski definition) is 1. The highest BCUT2D eigenvalue weighted by Gasteiger charge is 2.12. The van der Waals surface area contributed by atoms with Crippen LogP contribution in [0, 0.1) is 0 Å². The van der Waals surface area contributed by atoms with Gasteiger partial charge in [-0.2, -0.15) is 0 Å². The standard InChI is InChI=1S/C16H28N2O/c1-14(18(2)12-8-4-7-11-17)13-15-9-5-6-10-16(15)19-3/h5-6,9-10,14H,4,7-8,11-13,17H2,1-3H3. The Labute approximate surface area is 117 Å². The molecule has 0 aliphatic carbocycles. The molecule has 3 heteroatoms. The monoisotopic (exact) mass is 264 g/mol. The molecule has 0 saturated carbocycles. The summed E-state index contributed by atoms with van der Waals surface area (Å²) in [4.78, 5) is 2.42. The van der Waals surface area contributed by atoms with E-state index in [9.17, 15) is 0 Å². The third-order valence-corrected chi connectivity index (χ3v) is 3.68. The molecule has 0 spiro atoms. The van der Waals surface area contributed by atoms with E-state index in [1.54, 1.807) is 7.11 Å². The number of unbranched alkanes of at least 4 members (excludes halogenated alkanes) is 2. The van der Waals surface area contributed by atoms with Gasteiger partial charge < -0.3 is 15.4 Å². The van der Waals surface area contributed by atoms with Crippen LogP contribution in [0.25, 0.3) is 0 Å². The Bertz CT molecular complexity index is 354. The molecule has 1 aromatic rings. The van der Waals surface area contributed by atoms with Gasteiger partial charge >= 0.3 is 0 Å². The second-order valence-electron chi connectivity index (χ2n) is 5.19. The summed E-state index contributed by atoms with van der Waals surface area (Å²) in [7, 11) is 3.93. The van der Waals surface area contributed by atoms with Crippen molar-refractivity contribution in [2.75, 3.05) is 27.2 Å². The number of methoxy groups -OCH3 is 1. The van der Waals surface area contributed by atoms with Crippen LogP contribution in [0.2, 0.25) is 0 Å². The molecule has 0 radical (unpaired) electrons. The fraction of sp³-hybridized carbons (Fsp3) is 0.625. The summed E-state index contributed by atoms with van der Waals surface area (Å²) in [5.74, 6) is 0.992. The first-order valence-corrected chi connectivity index (χ1v) is 7.21. The highest BCUT2D eigenvalue weighted by Crippen LogP contribution is 2.20. The van der Waals surface area contributed by atoms with Gasteiger partial charge in [-0.3, -0.25) is 0 Å². The Hall–Kier alpha value is -1.06. The van der Waals surface area contributed by atoms with Gasteiger partial charge in [-0.25, -0.2) is 0 Å². The maximum absolute atomic E-state index is 5.51. The molecule has 0 fully saturated rings. The van der Waals surface area contributed by atoms with E-state index in [1.165, 1.54) is 18.4 Å². The van der Waals surface area contributed by atoms with Crippen LogP contribution >= 0.6 is 0 Å². The summed E-state index contributed by atoms with van der Waals surface area (Å²) < 4.78 is 5.41. The second kappa shape index (κ2) is 8.94. The number of nitrogens with zero attached hydrogens (tertiary/aromatic N) is 1. The molecular weight excluding hydrogens is 236 g/mol. The van der Waals surface area contributed by atoms with Crippen molar-refractivity contribution >= 4 is 0 Å². The lowest BCUT2D eigenvalue weighted by molar-refractivity contribution is 0.249. The van der Waals surface area contributed by atoms with E-state index in [2.05, 4.69) is 31.0 Å². The SMILES string of the molecule is COc1ccccc1CC(C)N(C)CCCCCN. The van der Waals surface area contributed by atoms with Gasteiger partial charge in [-0.15, -0.1) is 0 Å². The lowest BCUT2D eigenvalue weighted by Crippen LogP contribution is -2.31. The second-order valence-corrected chi connectivity index (χ2v) is 5.19. The lowest BCUT2D eigenvalue weighted by atomic mass is 10.0. The zero-order chi connectivity index (χ0) is 14.1. The van der Waals surface area contributed by atoms with Gasteiger partial charge in [-0.1, -0.05) is 24.6 Å². The molecule has 3 nitrogen and oxygen atoms in total. The van der Waals surface area contributed by atoms with E-state index < -0.39 is 0 Å². The van der Waals surface area contributed by atoms with Crippen molar-refractivity contribution in [2.24, 2.45) is 5.73 Å². The highest BCUT2D eigenvalue weighted by molar-refractivity contribution is 5.33. The molecule has 0 aliphatic rings. The van der Waals surface area contributed by atoms with Crippen molar-refractivity contribution in [2.45, 2.75) is 38.6 Å². The number of nitrogens with two attached hydrogens (primary N) is 1. The zero-order valence-corrected chi connectivity index (χ0v) is 12.6. The quantitative estimate of drug-likeness (QED) is 0.697. The van der Waals surface area contributed by atoms with Crippen LogP contribution < -0.4 is 10.5 Å². The summed E-state index contributed by atoms with van der Waals surface area (Å²) in [6.07, 6.45) is 4.61. The molecule has 2 N–H and O–H groups in total. The Morgan fingerprint density at radius 2 is 1.95 bits per heavy atom. The first-order valence-electron chi connectivity index (χ1n) is 7.21. The lowest BCUT2D eigenvalue weighted by Gasteiger charge is -2.25. The van der Waals surface area contributed by atoms with Crippen LogP contribution in [0.5, 0.6) is 5.75 Å². The van der Waals surface area contributed by atoms with Crippen LogP contribution in [0.1, 0.15) is 31.7 Å². The van der Waals surface area contributed by atoms with Crippen LogP contribution in [-0.4, -0.2) is 38.2 Å². The molecule has 1 atom stereocenters. The largest absolute Gasteiger partial charge is 0.496 e. The fourth-order valence-electron chi connectivity index (χ4n) is 2.25. The number of benzene rings is 1. The minimum Gasteiger partial charge on any atom is -0.496 e. The average Bonchev–Trinajstić information content (AvgIpc) is 2.44. The van der Waals surface area contributed by atoms with Crippen molar-refractivity contribution in [3.8, 4) is 5.75 Å². The maximum atomic E-state index is 5.51. The van der Waals surface area contributed by atoms with Crippen LogP contribution in [0.3, 0.4) is 0 Å². The summed E-state index contributed by atoms with van der Waals surface area (Å²) in [5, 5.41) is 0. The Morgan fingerprint density at radius 1 is 1.21 bits per heavy atom. The molecule has 0 aliphatic heterocycles. The number of likely N-dealkylation sites (N-methyl/N-ethyl adjacent to an activating group) is 1. The Kier molecular flexibility index (Phi) is 7.53. The predicted octanol–water partition coefficient (Wildman–Crippen LogP) is 2.69. The first-order chi connectivity index (χ1) is 9.19. The summed E-state index contributed by atoms with van der Waals surface area (Å²) >= 11 is 0. The smallest absolute Gasteiger partial charge is 0.122 e. The third-order valence-electron chi connectivity index (χ3n) is 3.68. The van der Waals surface area contributed by atoms with Crippen molar-refractivity contribution < 1.29 is 4.74 Å². The Morgan fingerprint density at radius 3 is 2.63 bits per heavy atom. The van der Waals surface area contributed by atoms with Gasteiger partial charge in [0, 0.05) is 6.04 Å². The van der Waals surface area contributed by atoms with Crippen LogP contribution in [-0.2, 0) is 6.42 Å². The Balaban J connectivity index is 2.42. The van der Waals surface area contributed by atoms with Crippen LogP contribution in [0.15, 0.2) is 24.3 Å². The van der Waals surface area contributed by atoms with E-state index in [-0.39, 0.29) is 0 Å². The summed E-state index contributed by atoms with van der Waals surface area (Å²) in [6.45, 7) is 4.21. The maximum Gasteiger partial charge on any atom is 0.122 e. The van der Waals surface area contributed by atoms with E-state index in [4.69, 9.17) is 10.5 Å².